The maximum Gasteiger partial charge on any atom is 0.243 e. The fourth-order valence-electron chi connectivity index (χ4n) is 4.03. The molecular weight excluding hydrogens is 412 g/mol. The lowest BCUT2D eigenvalue weighted by molar-refractivity contribution is -0.116. The quantitative estimate of drug-likeness (QED) is 0.735. The van der Waals surface area contributed by atoms with E-state index in [9.17, 15) is 17.4 Å². The van der Waals surface area contributed by atoms with Crippen LogP contribution in [0, 0.1) is 0 Å². The highest BCUT2D eigenvalue weighted by Crippen LogP contribution is 2.41. The standard InChI is InChI=1S/C20H22N2O5S2/c1-27-17-8-5-9-18(14-17)29(25,26)21-12-10-20(11-13-21)22(19(23)15-28(20)24)16-6-3-2-4-7-16/h2-9,14H,10-13,15H2,1H3. The van der Waals surface area contributed by atoms with Crippen LogP contribution in [-0.2, 0) is 25.6 Å². The molecule has 0 aromatic heterocycles. The molecule has 2 aliphatic rings. The minimum atomic E-state index is -3.70. The smallest absolute Gasteiger partial charge is 0.243 e. The number of hydrogen-bond acceptors (Lipinski definition) is 5. The zero-order chi connectivity index (χ0) is 20.6. The van der Waals surface area contributed by atoms with Crippen LogP contribution in [0.5, 0.6) is 5.75 Å². The number of amides is 1. The topological polar surface area (TPSA) is 84.0 Å². The number of benzene rings is 2. The predicted octanol–water partition coefficient (Wildman–Crippen LogP) is 1.97. The SMILES string of the molecule is COc1cccc(S(=O)(=O)N2CCC3(CC2)N(c2ccccc2)C(=O)CS3=O)c1. The van der Waals surface area contributed by atoms with Gasteiger partial charge in [0, 0.05) is 24.8 Å². The number of anilines is 1. The molecule has 1 amide bonds. The highest BCUT2D eigenvalue weighted by molar-refractivity contribution is 7.89. The second-order valence-corrected chi connectivity index (χ2v) is 10.8. The fraction of sp³-hybridized carbons (Fsp3) is 0.350. The number of piperidine rings is 1. The number of carbonyl (C=O) groups is 1. The average Bonchev–Trinajstić information content (AvgIpc) is 2.98. The second-order valence-electron chi connectivity index (χ2n) is 7.08. The molecule has 0 saturated carbocycles. The molecule has 4 rings (SSSR count). The van der Waals surface area contributed by atoms with Gasteiger partial charge in [0.05, 0.1) is 22.8 Å². The Balaban J connectivity index is 1.60. The lowest BCUT2D eigenvalue weighted by Gasteiger charge is -2.43. The van der Waals surface area contributed by atoms with Crippen LogP contribution in [-0.4, -0.2) is 53.7 Å². The van der Waals surface area contributed by atoms with E-state index in [1.54, 1.807) is 17.0 Å². The van der Waals surface area contributed by atoms with Gasteiger partial charge in [-0.25, -0.2) is 8.42 Å². The van der Waals surface area contributed by atoms with Gasteiger partial charge in [0.2, 0.25) is 15.9 Å². The van der Waals surface area contributed by atoms with Crippen molar-refractivity contribution in [2.45, 2.75) is 22.6 Å². The molecule has 2 aromatic carbocycles. The summed E-state index contributed by atoms with van der Waals surface area (Å²) < 4.78 is 45.6. The van der Waals surface area contributed by atoms with Crippen molar-refractivity contribution >= 4 is 32.4 Å². The van der Waals surface area contributed by atoms with Crippen molar-refractivity contribution in [3.05, 3.63) is 54.6 Å². The van der Waals surface area contributed by atoms with Crippen LogP contribution in [0.4, 0.5) is 5.69 Å². The highest BCUT2D eigenvalue weighted by Gasteiger charge is 2.54. The number of nitrogens with zero attached hydrogens (tertiary/aromatic N) is 2. The van der Waals surface area contributed by atoms with Crippen LogP contribution in [0.3, 0.4) is 0 Å². The summed E-state index contributed by atoms with van der Waals surface area (Å²) in [7, 11) is -3.60. The summed E-state index contributed by atoms with van der Waals surface area (Å²) in [6.07, 6.45) is 0.646. The van der Waals surface area contributed by atoms with Gasteiger partial charge in [-0.1, -0.05) is 24.3 Å². The Morgan fingerprint density at radius 2 is 1.72 bits per heavy atom. The summed E-state index contributed by atoms with van der Waals surface area (Å²) in [6, 6.07) is 15.5. The maximum absolute atomic E-state index is 13.1. The minimum Gasteiger partial charge on any atom is -0.497 e. The number of rotatable bonds is 4. The van der Waals surface area contributed by atoms with Gasteiger partial charge in [0.25, 0.3) is 0 Å². The van der Waals surface area contributed by atoms with Crippen LogP contribution >= 0.6 is 0 Å². The molecule has 1 atom stereocenters. The summed E-state index contributed by atoms with van der Waals surface area (Å²) in [6.45, 7) is 0.393. The molecule has 0 N–H and O–H groups in total. The third-order valence-corrected chi connectivity index (χ3v) is 9.37. The molecule has 2 fully saturated rings. The first-order valence-corrected chi connectivity index (χ1v) is 12.1. The van der Waals surface area contributed by atoms with E-state index in [0.717, 1.165) is 0 Å². The van der Waals surface area contributed by atoms with Gasteiger partial charge in [-0.3, -0.25) is 13.9 Å². The summed E-state index contributed by atoms with van der Waals surface area (Å²) in [5.41, 5.74) is 0.701. The van der Waals surface area contributed by atoms with Gasteiger partial charge in [-0.2, -0.15) is 4.31 Å². The Kier molecular flexibility index (Phi) is 5.22. The van der Waals surface area contributed by atoms with Gasteiger partial charge in [0.1, 0.15) is 16.4 Å². The molecule has 2 aliphatic heterocycles. The third kappa shape index (κ3) is 3.37. The Morgan fingerprint density at radius 3 is 2.38 bits per heavy atom. The van der Waals surface area contributed by atoms with E-state index in [1.807, 2.05) is 30.3 Å². The maximum atomic E-state index is 13.1. The summed E-state index contributed by atoms with van der Waals surface area (Å²) in [5, 5.41) is 0. The molecule has 154 valence electrons. The number of sulfonamides is 1. The average molecular weight is 435 g/mol. The number of ether oxygens (including phenoxy) is 1. The van der Waals surface area contributed by atoms with Gasteiger partial charge < -0.3 is 4.74 Å². The molecule has 0 bridgehead atoms. The van der Waals surface area contributed by atoms with Crippen molar-refractivity contribution in [1.82, 2.24) is 4.31 Å². The van der Waals surface area contributed by atoms with Crippen molar-refractivity contribution in [2.24, 2.45) is 0 Å². The molecule has 1 spiro atoms. The first-order chi connectivity index (χ1) is 13.9. The molecular formula is C20H22N2O5S2. The molecule has 0 radical (unpaired) electrons. The second kappa shape index (κ2) is 7.55. The zero-order valence-corrected chi connectivity index (χ0v) is 17.6. The lowest BCUT2D eigenvalue weighted by atomic mass is 10.0. The largest absolute Gasteiger partial charge is 0.497 e. The van der Waals surface area contributed by atoms with E-state index < -0.39 is 25.7 Å². The summed E-state index contributed by atoms with van der Waals surface area (Å²) in [5.74, 6) is 0.258. The number of carbonyl (C=O) groups excluding carboxylic acids is 1. The van der Waals surface area contributed by atoms with Crippen molar-refractivity contribution in [3.63, 3.8) is 0 Å². The van der Waals surface area contributed by atoms with E-state index in [0.29, 0.717) is 24.3 Å². The van der Waals surface area contributed by atoms with E-state index in [4.69, 9.17) is 4.74 Å². The van der Waals surface area contributed by atoms with E-state index in [-0.39, 0.29) is 29.6 Å². The van der Waals surface area contributed by atoms with Gasteiger partial charge in [0.15, 0.2) is 0 Å². The molecule has 2 saturated heterocycles. The first kappa shape index (κ1) is 20.1. The van der Waals surface area contributed by atoms with Gasteiger partial charge >= 0.3 is 0 Å². The highest BCUT2D eigenvalue weighted by atomic mass is 32.2. The molecule has 0 aliphatic carbocycles. The molecule has 7 nitrogen and oxygen atoms in total. The van der Waals surface area contributed by atoms with E-state index in [1.165, 1.54) is 23.5 Å². The van der Waals surface area contributed by atoms with Crippen LogP contribution in [0.2, 0.25) is 0 Å². The molecule has 2 aromatic rings. The third-order valence-electron chi connectivity index (χ3n) is 5.53. The van der Waals surface area contributed by atoms with Gasteiger partial charge in [-0.15, -0.1) is 0 Å². The number of hydrogen-bond donors (Lipinski definition) is 0. The molecule has 29 heavy (non-hydrogen) atoms. The molecule has 2 heterocycles. The monoisotopic (exact) mass is 434 g/mol. The van der Waals surface area contributed by atoms with Crippen LogP contribution < -0.4 is 9.64 Å². The lowest BCUT2D eigenvalue weighted by Crippen LogP contribution is -2.56. The first-order valence-electron chi connectivity index (χ1n) is 9.29. The number of para-hydroxylation sites is 1. The molecule has 9 heteroatoms. The Labute approximate surface area is 172 Å². The van der Waals surface area contributed by atoms with E-state index >= 15 is 0 Å². The van der Waals surface area contributed by atoms with Crippen molar-refractivity contribution < 1.29 is 22.2 Å². The predicted molar refractivity (Wildman–Crippen MR) is 111 cm³/mol. The fourth-order valence-corrected chi connectivity index (χ4v) is 7.18. The van der Waals surface area contributed by atoms with Crippen LogP contribution in [0.1, 0.15) is 12.8 Å². The van der Waals surface area contributed by atoms with Crippen molar-refractivity contribution in [1.29, 1.82) is 0 Å². The Morgan fingerprint density at radius 1 is 1.03 bits per heavy atom. The van der Waals surface area contributed by atoms with Crippen molar-refractivity contribution in [2.75, 3.05) is 30.9 Å². The number of methoxy groups -OCH3 is 1. The summed E-state index contributed by atoms with van der Waals surface area (Å²) >= 11 is 0. The summed E-state index contributed by atoms with van der Waals surface area (Å²) in [4.78, 5) is 13.5. The zero-order valence-electron chi connectivity index (χ0n) is 16.0. The Bertz CT molecular complexity index is 1050. The van der Waals surface area contributed by atoms with Crippen LogP contribution in [0.15, 0.2) is 59.5 Å². The van der Waals surface area contributed by atoms with Crippen LogP contribution in [0.25, 0.3) is 0 Å². The normalized spacial score (nSPS) is 22.2. The van der Waals surface area contributed by atoms with E-state index in [2.05, 4.69) is 0 Å². The Hall–Kier alpha value is -2.23. The van der Waals surface area contributed by atoms with Crippen molar-refractivity contribution in [3.8, 4) is 5.75 Å². The minimum absolute atomic E-state index is 0.0302. The van der Waals surface area contributed by atoms with Gasteiger partial charge in [-0.05, 0) is 37.1 Å². The molecule has 1 unspecified atom stereocenters.